The van der Waals surface area contributed by atoms with Gasteiger partial charge in [-0.1, -0.05) is 17.3 Å². The second-order valence-corrected chi connectivity index (χ2v) is 6.90. The Bertz CT molecular complexity index is 713. The zero-order valence-electron chi connectivity index (χ0n) is 11.7. The molecule has 0 bridgehead atoms. The summed E-state index contributed by atoms with van der Waals surface area (Å²) in [6.07, 6.45) is 1.51. The summed E-state index contributed by atoms with van der Waals surface area (Å²) < 4.78 is 32.6. The van der Waals surface area contributed by atoms with E-state index in [1.165, 1.54) is 6.20 Å². The highest BCUT2D eigenvalue weighted by Gasteiger charge is 2.33. The Labute approximate surface area is 123 Å². The molecule has 0 saturated carbocycles. The van der Waals surface area contributed by atoms with Crippen LogP contribution >= 0.6 is 0 Å². The molecule has 0 radical (unpaired) electrons. The maximum absolute atomic E-state index is 12.9. The lowest BCUT2D eigenvalue weighted by atomic mass is 10.2. The minimum Gasteiger partial charge on any atom is -0.356 e. The van der Waals surface area contributed by atoms with E-state index in [0.29, 0.717) is 31.0 Å². The van der Waals surface area contributed by atoms with Crippen molar-refractivity contribution in [3.8, 4) is 11.3 Å². The number of sulfonamides is 1. The lowest BCUT2D eigenvalue weighted by Gasteiger charge is -2.33. The molecule has 1 N–H and O–H groups in total. The van der Waals surface area contributed by atoms with E-state index >= 15 is 0 Å². The molecule has 2 aromatic rings. The average Bonchev–Trinajstić information content (AvgIpc) is 3.01. The van der Waals surface area contributed by atoms with Crippen LogP contribution in [-0.4, -0.2) is 43.6 Å². The van der Waals surface area contributed by atoms with E-state index in [-0.39, 0.29) is 10.9 Å². The fraction of sp³-hybridized carbons (Fsp3) is 0.357. The van der Waals surface area contributed by atoms with Crippen molar-refractivity contribution in [3.63, 3.8) is 0 Å². The summed E-state index contributed by atoms with van der Waals surface area (Å²) in [5, 5.41) is 6.85. The topological polar surface area (TPSA) is 75.4 Å². The van der Waals surface area contributed by atoms with E-state index in [1.807, 2.05) is 6.92 Å². The van der Waals surface area contributed by atoms with E-state index in [1.54, 1.807) is 34.6 Å². The first-order chi connectivity index (χ1) is 10.1. The second-order valence-electron chi connectivity index (χ2n) is 5.04. The number of aromatic nitrogens is 1. The van der Waals surface area contributed by atoms with Gasteiger partial charge in [0, 0.05) is 37.3 Å². The van der Waals surface area contributed by atoms with E-state index in [4.69, 9.17) is 4.52 Å². The molecule has 1 fully saturated rings. The fourth-order valence-electron chi connectivity index (χ4n) is 2.56. The molecule has 1 aromatic carbocycles. The Balaban J connectivity index is 2.07. The van der Waals surface area contributed by atoms with Crippen LogP contribution in [0.3, 0.4) is 0 Å². The molecule has 0 aliphatic carbocycles. The molecule has 0 spiro atoms. The van der Waals surface area contributed by atoms with E-state index in [9.17, 15) is 8.42 Å². The van der Waals surface area contributed by atoms with Gasteiger partial charge < -0.3 is 9.84 Å². The van der Waals surface area contributed by atoms with Crippen molar-refractivity contribution in [2.45, 2.75) is 17.9 Å². The second kappa shape index (κ2) is 5.59. The molecule has 3 rings (SSSR count). The van der Waals surface area contributed by atoms with Gasteiger partial charge in [0.05, 0.1) is 11.1 Å². The third kappa shape index (κ3) is 2.59. The number of nitrogens with one attached hydrogen (secondary N) is 1. The first kappa shape index (κ1) is 14.2. The van der Waals surface area contributed by atoms with Crippen molar-refractivity contribution in [3.05, 3.63) is 36.5 Å². The van der Waals surface area contributed by atoms with Crippen LogP contribution in [0.2, 0.25) is 0 Å². The summed E-state index contributed by atoms with van der Waals surface area (Å²) in [6, 6.07) is 8.45. The van der Waals surface area contributed by atoms with Gasteiger partial charge in [0.15, 0.2) is 5.76 Å². The van der Waals surface area contributed by atoms with Crippen LogP contribution in [0.1, 0.15) is 6.92 Å². The summed E-state index contributed by atoms with van der Waals surface area (Å²) in [5.74, 6) is 0.456. The molecule has 1 aliphatic heterocycles. The van der Waals surface area contributed by atoms with Crippen molar-refractivity contribution in [2.75, 3.05) is 19.6 Å². The van der Waals surface area contributed by atoms with Gasteiger partial charge in [0.25, 0.3) is 0 Å². The molecule has 1 aromatic heterocycles. The Morgan fingerprint density at radius 2 is 2.14 bits per heavy atom. The highest BCUT2D eigenvalue weighted by molar-refractivity contribution is 7.89. The molecule has 21 heavy (non-hydrogen) atoms. The number of hydrogen-bond acceptors (Lipinski definition) is 5. The molecular formula is C14H17N3O3S. The summed E-state index contributed by atoms with van der Waals surface area (Å²) in [5.41, 5.74) is 0.542. The minimum absolute atomic E-state index is 0.0773. The predicted molar refractivity (Wildman–Crippen MR) is 78.2 cm³/mol. The average molecular weight is 307 g/mol. The maximum atomic E-state index is 12.9. The van der Waals surface area contributed by atoms with Gasteiger partial charge >= 0.3 is 0 Å². The standard InChI is InChI=1S/C14H17N3O3S/c1-11-10-15-8-9-17(11)21(18,19)14-5-3-2-4-12(14)13-6-7-16-20-13/h2-7,11,15H,8-10H2,1H3/t11-/m0/s1. The van der Waals surface area contributed by atoms with Crippen LogP contribution in [0, 0.1) is 0 Å². The first-order valence-corrected chi connectivity index (χ1v) is 8.27. The molecule has 6 nitrogen and oxygen atoms in total. The van der Waals surface area contributed by atoms with Crippen molar-refractivity contribution < 1.29 is 12.9 Å². The Morgan fingerprint density at radius 3 is 2.86 bits per heavy atom. The Kier molecular flexibility index (Phi) is 3.79. The van der Waals surface area contributed by atoms with Gasteiger partial charge in [-0.05, 0) is 19.1 Å². The monoisotopic (exact) mass is 307 g/mol. The van der Waals surface area contributed by atoms with Crippen LogP contribution < -0.4 is 5.32 Å². The first-order valence-electron chi connectivity index (χ1n) is 6.83. The number of piperazine rings is 1. The number of benzene rings is 1. The highest BCUT2D eigenvalue weighted by Crippen LogP contribution is 2.30. The fourth-order valence-corrected chi connectivity index (χ4v) is 4.39. The van der Waals surface area contributed by atoms with Crippen LogP contribution in [0.25, 0.3) is 11.3 Å². The van der Waals surface area contributed by atoms with Gasteiger partial charge in [-0.25, -0.2) is 8.42 Å². The van der Waals surface area contributed by atoms with Crippen molar-refractivity contribution in [1.29, 1.82) is 0 Å². The van der Waals surface area contributed by atoms with Crippen molar-refractivity contribution in [1.82, 2.24) is 14.8 Å². The molecule has 1 aliphatic rings. The zero-order chi connectivity index (χ0) is 14.9. The molecule has 0 unspecified atom stereocenters. The maximum Gasteiger partial charge on any atom is 0.244 e. The summed E-state index contributed by atoms with van der Waals surface area (Å²) in [7, 11) is -3.56. The van der Waals surface area contributed by atoms with Crippen molar-refractivity contribution in [2.24, 2.45) is 0 Å². The van der Waals surface area contributed by atoms with Gasteiger partial charge in [-0.2, -0.15) is 4.31 Å². The van der Waals surface area contributed by atoms with Crippen LogP contribution in [0.15, 0.2) is 45.9 Å². The van der Waals surface area contributed by atoms with Crippen LogP contribution in [0.4, 0.5) is 0 Å². The van der Waals surface area contributed by atoms with E-state index < -0.39 is 10.0 Å². The lowest BCUT2D eigenvalue weighted by molar-refractivity contribution is 0.284. The molecule has 1 atom stereocenters. The van der Waals surface area contributed by atoms with E-state index in [0.717, 1.165) is 0 Å². The van der Waals surface area contributed by atoms with Gasteiger partial charge in [0.1, 0.15) is 0 Å². The smallest absolute Gasteiger partial charge is 0.244 e. The van der Waals surface area contributed by atoms with Gasteiger partial charge in [-0.3, -0.25) is 0 Å². The molecule has 7 heteroatoms. The highest BCUT2D eigenvalue weighted by atomic mass is 32.2. The third-order valence-corrected chi connectivity index (χ3v) is 5.69. The summed E-state index contributed by atoms with van der Waals surface area (Å²) in [6.45, 7) is 3.69. The Morgan fingerprint density at radius 1 is 1.33 bits per heavy atom. The number of hydrogen-bond donors (Lipinski definition) is 1. The summed E-state index contributed by atoms with van der Waals surface area (Å²) >= 11 is 0. The molecule has 112 valence electrons. The Hall–Kier alpha value is -1.70. The SMILES string of the molecule is C[C@H]1CNCCN1S(=O)(=O)c1ccccc1-c1ccno1. The molecule has 1 saturated heterocycles. The number of nitrogens with zero attached hydrogens (tertiary/aromatic N) is 2. The predicted octanol–water partition coefficient (Wildman–Crippen LogP) is 1.32. The van der Waals surface area contributed by atoms with Crippen LogP contribution in [-0.2, 0) is 10.0 Å². The zero-order valence-corrected chi connectivity index (χ0v) is 12.5. The van der Waals surface area contributed by atoms with E-state index in [2.05, 4.69) is 10.5 Å². The third-order valence-electron chi connectivity index (χ3n) is 3.62. The summed E-state index contributed by atoms with van der Waals surface area (Å²) in [4.78, 5) is 0.260. The molecule has 0 amide bonds. The largest absolute Gasteiger partial charge is 0.356 e. The molecular weight excluding hydrogens is 290 g/mol. The lowest BCUT2D eigenvalue weighted by Crippen LogP contribution is -2.52. The molecule has 2 heterocycles. The quantitative estimate of drug-likeness (QED) is 0.925. The normalized spacial score (nSPS) is 20.5. The van der Waals surface area contributed by atoms with Crippen molar-refractivity contribution >= 4 is 10.0 Å². The van der Waals surface area contributed by atoms with Crippen LogP contribution in [0.5, 0.6) is 0 Å². The van der Waals surface area contributed by atoms with Gasteiger partial charge in [0.2, 0.25) is 10.0 Å². The van der Waals surface area contributed by atoms with Gasteiger partial charge in [-0.15, -0.1) is 0 Å². The minimum atomic E-state index is -3.56. The number of rotatable bonds is 3.